The quantitative estimate of drug-likeness (QED) is 0.175. The van der Waals surface area contributed by atoms with Crippen LogP contribution in [0.2, 0.25) is 0 Å². The molecule has 0 saturated carbocycles. The molecule has 0 N–H and O–H groups in total. The van der Waals surface area contributed by atoms with Gasteiger partial charge in [0.25, 0.3) is 0 Å². The molecule has 4 aromatic heterocycles. The molecule has 12 aromatic rings. The molecule has 4 nitrogen and oxygen atoms in total. The van der Waals surface area contributed by atoms with E-state index in [-0.39, 0.29) is 0 Å². The van der Waals surface area contributed by atoms with Gasteiger partial charge in [-0.25, -0.2) is 4.98 Å². The van der Waals surface area contributed by atoms with Crippen LogP contribution in [-0.2, 0) is 0 Å². The molecule has 4 heterocycles. The minimum Gasteiger partial charge on any atom is -0.456 e. The number of pyridine rings is 1. The number of aromatic nitrogens is 2. The van der Waals surface area contributed by atoms with Gasteiger partial charge in [-0.3, -0.25) is 4.57 Å². The highest BCUT2D eigenvalue weighted by Gasteiger charge is 2.22. The van der Waals surface area contributed by atoms with E-state index in [4.69, 9.17) is 13.8 Å². The number of para-hydroxylation sites is 3. The molecule has 0 amide bonds. The maximum Gasteiger partial charge on any atom is 0.213 e. The van der Waals surface area contributed by atoms with Gasteiger partial charge in [0.1, 0.15) is 16.7 Å². The second-order valence-electron chi connectivity index (χ2n) is 13.4. The van der Waals surface area contributed by atoms with Gasteiger partial charge < -0.3 is 8.83 Å². The molecular weight excluding hydrogens is 625 g/mol. The van der Waals surface area contributed by atoms with Crippen LogP contribution in [0.15, 0.2) is 167 Å². The van der Waals surface area contributed by atoms with Gasteiger partial charge in [-0.05, 0) is 64.0 Å². The van der Waals surface area contributed by atoms with Crippen LogP contribution in [0.3, 0.4) is 0 Å². The highest BCUT2D eigenvalue weighted by atomic mass is 16.3. The molecule has 0 fully saturated rings. The summed E-state index contributed by atoms with van der Waals surface area (Å²) in [6.45, 7) is 0. The molecule has 0 spiro atoms. The molecule has 0 saturated heterocycles. The van der Waals surface area contributed by atoms with Crippen LogP contribution in [0.1, 0.15) is 0 Å². The molecule has 0 unspecified atom stereocenters. The van der Waals surface area contributed by atoms with E-state index in [1.54, 1.807) is 0 Å². The Morgan fingerprint density at radius 1 is 0.392 bits per heavy atom. The van der Waals surface area contributed by atoms with Crippen LogP contribution in [0.25, 0.3) is 115 Å². The number of hydrogen-bond donors (Lipinski definition) is 0. The van der Waals surface area contributed by atoms with E-state index >= 15 is 0 Å². The van der Waals surface area contributed by atoms with Crippen molar-refractivity contribution in [3.63, 3.8) is 0 Å². The normalized spacial score (nSPS) is 12.3. The smallest absolute Gasteiger partial charge is 0.213 e. The minimum atomic E-state index is 0.822. The summed E-state index contributed by atoms with van der Waals surface area (Å²) < 4.78 is 15.3. The Morgan fingerprint density at radius 2 is 0.980 bits per heavy atom. The van der Waals surface area contributed by atoms with Crippen molar-refractivity contribution in [2.45, 2.75) is 0 Å². The van der Waals surface area contributed by atoms with E-state index in [1.165, 1.54) is 37.7 Å². The van der Waals surface area contributed by atoms with Crippen molar-refractivity contribution in [2.24, 2.45) is 0 Å². The van der Waals surface area contributed by atoms with E-state index in [9.17, 15) is 0 Å². The maximum absolute atomic E-state index is 6.64. The van der Waals surface area contributed by atoms with Gasteiger partial charge in [-0.1, -0.05) is 115 Å². The van der Waals surface area contributed by atoms with Crippen molar-refractivity contribution in [2.75, 3.05) is 0 Å². The van der Waals surface area contributed by atoms with Crippen LogP contribution in [0.4, 0.5) is 0 Å². The van der Waals surface area contributed by atoms with Crippen LogP contribution < -0.4 is 0 Å². The van der Waals surface area contributed by atoms with Gasteiger partial charge >= 0.3 is 0 Å². The minimum absolute atomic E-state index is 0.822. The van der Waals surface area contributed by atoms with Gasteiger partial charge in [0.15, 0.2) is 0 Å². The molecule has 51 heavy (non-hydrogen) atoms. The van der Waals surface area contributed by atoms with Gasteiger partial charge in [0, 0.05) is 49.0 Å². The molecule has 0 aliphatic heterocycles. The van der Waals surface area contributed by atoms with E-state index in [1.807, 2.05) is 24.3 Å². The molecule has 8 aromatic carbocycles. The lowest BCUT2D eigenvalue weighted by Gasteiger charge is -2.16. The van der Waals surface area contributed by atoms with Crippen molar-refractivity contribution < 1.29 is 8.83 Å². The summed E-state index contributed by atoms with van der Waals surface area (Å²) in [5.74, 6) is 0. The molecule has 0 radical (unpaired) electrons. The predicted molar refractivity (Wildman–Crippen MR) is 211 cm³/mol. The zero-order valence-electron chi connectivity index (χ0n) is 27.2. The Labute approximate surface area is 290 Å². The molecule has 0 bridgehead atoms. The topological polar surface area (TPSA) is 44.1 Å². The molecular formula is C47H26N2O2. The summed E-state index contributed by atoms with van der Waals surface area (Å²) in [7, 11) is 0. The molecule has 0 atom stereocenters. The molecule has 0 aliphatic rings. The fraction of sp³-hybridized carbons (Fsp3) is 0. The highest BCUT2D eigenvalue weighted by molar-refractivity contribution is 6.33. The second kappa shape index (κ2) is 9.84. The number of nitrogens with zero attached hydrogens (tertiary/aromatic N) is 2. The summed E-state index contributed by atoms with van der Waals surface area (Å²) in [6.07, 6.45) is 0. The molecule has 236 valence electrons. The van der Waals surface area contributed by atoms with Crippen LogP contribution >= 0.6 is 0 Å². The first-order chi connectivity index (χ1) is 25.3. The molecule has 0 aliphatic carbocycles. The predicted octanol–water partition coefficient (Wildman–Crippen LogP) is 13.1. The number of fused-ring (bicyclic) bond motifs is 16. The zero-order chi connectivity index (χ0) is 33.2. The standard InChI is InChI=1S/C47H26N2O2/c1-3-14-32-29(11-1)30-12-2-4-15-33(30)45-43(32)34-16-5-8-18-38(34)48-46(45)27-21-23-28(24-22-27)49-39-25-36-31-13-6-9-19-40(31)50-42(36)26-37(39)44-35-17-7-10-20-41(35)51-47(44)49/h1-26H. The highest BCUT2D eigenvalue weighted by Crippen LogP contribution is 2.45. The maximum atomic E-state index is 6.64. The Morgan fingerprint density at radius 3 is 1.73 bits per heavy atom. The summed E-state index contributed by atoms with van der Waals surface area (Å²) in [6, 6.07) is 55.8. The average molecular weight is 651 g/mol. The SMILES string of the molecule is c1ccc2c(c1)nc(-c1ccc(-n3c4cc5c(cc4c4c6ccccc6oc43)oc3ccccc35)cc1)c1c3ccccc3c3ccccc3c21. The van der Waals surface area contributed by atoms with Gasteiger partial charge in [-0.15, -0.1) is 0 Å². The number of furan rings is 2. The third kappa shape index (κ3) is 3.60. The van der Waals surface area contributed by atoms with Crippen LogP contribution in [0.5, 0.6) is 0 Å². The summed E-state index contributed by atoms with van der Waals surface area (Å²) in [5, 5.41) is 14.0. The summed E-state index contributed by atoms with van der Waals surface area (Å²) in [4.78, 5) is 5.37. The Balaban J connectivity index is 1.15. The monoisotopic (exact) mass is 650 g/mol. The van der Waals surface area contributed by atoms with Crippen molar-refractivity contribution in [1.82, 2.24) is 9.55 Å². The number of rotatable bonds is 2. The zero-order valence-corrected chi connectivity index (χ0v) is 27.2. The third-order valence-electron chi connectivity index (χ3n) is 10.8. The number of benzene rings is 8. The largest absolute Gasteiger partial charge is 0.456 e. The first-order valence-corrected chi connectivity index (χ1v) is 17.3. The van der Waals surface area contributed by atoms with Crippen molar-refractivity contribution in [1.29, 1.82) is 0 Å². The fourth-order valence-corrected chi connectivity index (χ4v) is 8.56. The van der Waals surface area contributed by atoms with Gasteiger partial charge in [0.05, 0.1) is 22.1 Å². The average Bonchev–Trinajstić information content (AvgIpc) is 3.85. The van der Waals surface area contributed by atoms with Crippen LogP contribution in [-0.4, -0.2) is 9.55 Å². The van der Waals surface area contributed by atoms with E-state index in [0.717, 1.165) is 77.4 Å². The lowest BCUT2D eigenvalue weighted by atomic mass is 9.90. The van der Waals surface area contributed by atoms with Gasteiger partial charge in [0.2, 0.25) is 5.71 Å². The first kappa shape index (κ1) is 27.0. The van der Waals surface area contributed by atoms with E-state index < -0.39 is 0 Å². The number of hydrogen-bond acceptors (Lipinski definition) is 3. The summed E-state index contributed by atoms with van der Waals surface area (Å²) in [5.41, 5.74) is 8.58. The van der Waals surface area contributed by atoms with E-state index in [0.29, 0.717) is 0 Å². The Bertz CT molecular complexity index is 3420. The van der Waals surface area contributed by atoms with E-state index in [2.05, 4.69) is 138 Å². The Kier molecular flexibility index (Phi) is 5.20. The lowest BCUT2D eigenvalue weighted by Crippen LogP contribution is -1.95. The van der Waals surface area contributed by atoms with Crippen molar-refractivity contribution in [3.05, 3.63) is 158 Å². The van der Waals surface area contributed by atoms with Crippen molar-refractivity contribution in [3.8, 4) is 16.9 Å². The molecule has 12 rings (SSSR count). The van der Waals surface area contributed by atoms with Crippen molar-refractivity contribution >= 4 is 98.1 Å². The fourth-order valence-electron chi connectivity index (χ4n) is 8.56. The molecule has 4 heteroatoms. The first-order valence-electron chi connectivity index (χ1n) is 17.3. The Hall–Kier alpha value is -6.91. The third-order valence-corrected chi connectivity index (χ3v) is 10.8. The summed E-state index contributed by atoms with van der Waals surface area (Å²) >= 11 is 0. The lowest BCUT2D eigenvalue weighted by molar-refractivity contribution is 0.645. The van der Waals surface area contributed by atoms with Crippen LogP contribution in [0, 0.1) is 0 Å². The van der Waals surface area contributed by atoms with Gasteiger partial charge in [-0.2, -0.15) is 0 Å². The second-order valence-corrected chi connectivity index (χ2v) is 13.4.